The lowest BCUT2D eigenvalue weighted by molar-refractivity contribution is -0.138. The molecular formula is C7H6Cl3NO2. The van der Waals surface area contributed by atoms with E-state index in [9.17, 15) is 4.79 Å². The third-order valence-electron chi connectivity index (χ3n) is 0.924. The molecule has 0 unspecified atom stereocenters. The van der Waals surface area contributed by atoms with Gasteiger partial charge < -0.3 is 4.74 Å². The summed E-state index contributed by atoms with van der Waals surface area (Å²) < 4.78 is 2.77. The summed E-state index contributed by atoms with van der Waals surface area (Å²) in [5.74, 6) is -0.795. The van der Waals surface area contributed by atoms with Gasteiger partial charge in [-0.05, 0) is 13.0 Å². The maximum Gasteiger partial charge on any atom is 0.348 e. The van der Waals surface area contributed by atoms with Gasteiger partial charge in [-0.15, -0.1) is 0 Å². The van der Waals surface area contributed by atoms with Crippen molar-refractivity contribution in [3.05, 3.63) is 11.6 Å². The molecule has 0 fully saturated rings. The van der Waals surface area contributed by atoms with Crippen LogP contribution < -0.4 is 0 Å². The van der Waals surface area contributed by atoms with E-state index in [1.165, 1.54) is 0 Å². The van der Waals surface area contributed by atoms with Crippen LogP contribution in [-0.4, -0.2) is 16.4 Å². The fraction of sp³-hybridized carbons (Fsp3) is 0.429. The number of ether oxygens (including phenoxy) is 1. The lowest BCUT2D eigenvalue weighted by Gasteiger charge is -2.04. The topological polar surface area (TPSA) is 50.1 Å². The van der Waals surface area contributed by atoms with Gasteiger partial charge in [0.2, 0.25) is 3.79 Å². The molecule has 0 amide bonds. The predicted molar refractivity (Wildman–Crippen MR) is 50.6 cm³/mol. The molecule has 0 aliphatic heterocycles. The van der Waals surface area contributed by atoms with Crippen LogP contribution in [0, 0.1) is 11.3 Å². The second kappa shape index (κ2) is 5.33. The van der Waals surface area contributed by atoms with Crippen molar-refractivity contribution in [3.8, 4) is 6.07 Å². The summed E-state index contributed by atoms with van der Waals surface area (Å²) in [5.41, 5.74) is -0.318. The number of hydrogen-bond donors (Lipinski definition) is 0. The Morgan fingerprint density at radius 3 is 2.46 bits per heavy atom. The molecule has 0 aromatic rings. The SMILES string of the molecule is CCOC(=O)C(C#N)=CC(Cl)(Cl)Cl. The maximum absolute atomic E-state index is 11.0. The fourth-order valence-electron chi connectivity index (χ4n) is 0.509. The summed E-state index contributed by atoms with van der Waals surface area (Å²) in [6, 6.07) is 1.58. The quantitative estimate of drug-likeness (QED) is 0.323. The third-order valence-corrected chi connectivity index (χ3v) is 1.25. The van der Waals surface area contributed by atoms with Crippen LogP contribution in [0.15, 0.2) is 11.6 Å². The van der Waals surface area contributed by atoms with Crippen molar-refractivity contribution in [3.63, 3.8) is 0 Å². The van der Waals surface area contributed by atoms with Crippen LogP contribution in [0.25, 0.3) is 0 Å². The molecule has 0 aromatic heterocycles. The van der Waals surface area contributed by atoms with Crippen molar-refractivity contribution < 1.29 is 9.53 Å². The predicted octanol–water partition coefficient (Wildman–Crippen LogP) is 2.37. The molecule has 0 bridgehead atoms. The molecule has 6 heteroatoms. The molecule has 0 atom stereocenters. The molecule has 0 radical (unpaired) electrons. The first kappa shape index (κ1) is 12.6. The largest absolute Gasteiger partial charge is 0.462 e. The number of hydrogen-bond acceptors (Lipinski definition) is 3. The van der Waals surface area contributed by atoms with Gasteiger partial charge >= 0.3 is 5.97 Å². The van der Waals surface area contributed by atoms with Gasteiger partial charge in [-0.2, -0.15) is 5.26 Å². The van der Waals surface area contributed by atoms with Gasteiger partial charge in [0.05, 0.1) is 6.61 Å². The molecule has 0 saturated carbocycles. The van der Waals surface area contributed by atoms with Crippen LogP contribution in [0.3, 0.4) is 0 Å². The Morgan fingerprint density at radius 1 is 1.62 bits per heavy atom. The van der Waals surface area contributed by atoms with Crippen LogP contribution in [0.2, 0.25) is 0 Å². The minimum Gasteiger partial charge on any atom is -0.462 e. The van der Waals surface area contributed by atoms with Crippen LogP contribution in [0.4, 0.5) is 0 Å². The first-order valence-electron chi connectivity index (χ1n) is 3.27. The van der Waals surface area contributed by atoms with E-state index < -0.39 is 9.76 Å². The first-order valence-corrected chi connectivity index (χ1v) is 4.41. The van der Waals surface area contributed by atoms with Crippen molar-refractivity contribution in [2.24, 2.45) is 0 Å². The summed E-state index contributed by atoms with van der Waals surface area (Å²) in [4.78, 5) is 11.0. The summed E-state index contributed by atoms with van der Waals surface area (Å²) in [7, 11) is 0. The molecular weight excluding hydrogens is 236 g/mol. The minimum atomic E-state index is -1.77. The number of alkyl halides is 3. The number of carbonyl (C=O) groups excluding carboxylic acids is 1. The number of esters is 1. The lowest BCUT2D eigenvalue weighted by atomic mass is 10.3. The Balaban J connectivity index is 4.64. The Labute approximate surface area is 90.8 Å². The van der Waals surface area contributed by atoms with E-state index >= 15 is 0 Å². The van der Waals surface area contributed by atoms with E-state index in [2.05, 4.69) is 4.74 Å². The number of nitriles is 1. The van der Waals surface area contributed by atoms with Gasteiger partial charge in [0.25, 0.3) is 0 Å². The molecule has 0 rings (SSSR count). The molecule has 0 aromatic carbocycles. The van der Waals surface area contributed by atoms with E-state index in [1.54, 1.807) is 13.0 Å². The number of carbonyl (C=O) groups is 1. The van der Waals surface area contributed by atoms with Crippen LogP contribution >= 0.6 is 34.8 Å². The molecule has 13 heavy (non-hydrogen) atoms. The highest BCUT2D eigenvalue weighted by atomic mass is 35.6. The standard InChI is InChI=1S/C7H6Cl3NO2/c1-2-13-6(12)5(4-11)3-7(8,9)10/h3H,2H2,1H3. The minimum absolute atomic E-state index is 0.164. The fourth-order valence-corrected chi connectivity index (χ4v) is 0.837. The molecule has 3 nitrogen and oxygen atoms in total. The Morgan fingerprint density at radius 2 is 2.15 bits per heavy atom. The van der Waals surface area contributed by atoms with Crippen molar-refractivity contribution in [2.45, 2.75) is 10.7 Å². The second-order valence-corrected chi connectivity index (χ2v) is 4.30. The highest BCUT2D eigenvalue weighted by Gasteiger charge is 2.21. The summed E-state index contributed by atoms with van der Waals surface area (Å²) in [6.07, 6.45) is 0.912. The molecule has 0 saturated heterocycles. The van der Waals surface area contributed by atoms with Crippen molar-refractivity contribution in [1.82, 2.24) is 0 Å². The van der Waals surface area contributed by atoms with Crippen molar-refractivity contribution >= 4 is 40.8 Å². The van der Waals surface area contributed by atoms with Crippen molar-refractivity contribution in [1.29, 1.82) is 5.26 Å². The average molecular weight is 242 g/mol. The molecule has 0 heterocycles. The van der Waals surface area contributed by atoms with E-state index in [1.807, 2.05) is 0 Å². The van der Waals surface area contributed by atoms with Gasteiger partial charge in [0, 0.05) is 0 Å². The number of allylic oxidation sites excluding steroid dienone is 1. The summed E-state index contributed by atoms with van der Waals surface area (Å²) >= 11 is 16.0. The molecule has 0 N–H and O–H groups in total. The zero-order chi connectivity index (χ0) is 10.5. The summed E-state index contributed by atoms with van der Waals surface area (Å²) in [6.45, 7) is 1.78. The zero-order valence-corrected chi connectivity index (χ0v) is 8.95. The van der Waals surface area contributed by atoms with Gasteiger partial charge in [-0.25, -0.2) is 4.79 Å². The van der Waals surface area contributed by atoms with Crippen LogP contribution in [-0.2, 0) is 9.53 Å². The average Bonchev–Trinajstić information content (AvgIpc) is 1.99. The lowest BCUT2D eigenvalue weighted by Crippen LogP contribution is -2.09. The zero-order valence-electron chi connectivity index (χ0n) is 6.68. The Hall–Kier alpha value is -0.430. The molecule has 0 aliphatic rings. The molecule has 72 valence electrons. The van der Waals surface area contributed by atoms with Gasteiger partial charge in [0.1, 0.15) is 11.6 Å². The van der Waals surface area contributed by atoms with Crippen LogP contribution in [0.5, 0.6) is 0 Å². The van der Waals surface area contributed by atoms with Crippen molar-refractivity contribution in [2.75, 3.05) is 6.61 Å². The van der Waals surface area contributed by atoms with E-state index in [4.69, 9.17) is 40.1 Å². The Bertz CT molecular complexity index is 262. The highest BCUT2D eigenvalue weighted by Crippen LogP contribution is 2.28. The molecule has 0 aliphatic carbocycles. The number of halogens is 3. The number of nitrogens with zero attached hydrogens (tertiary/aromatic N) is 1. The Kier molecular flexibility index (Phi) is 5.16. The van der Waals surface area contributed by atoms with Gasteiger partial charge in [-0.3, -0.25) is 0 Å². The second-order valence-electron chi connectivity index (χ2n) is 1.93. The molecule has 0 spiro atoms. The monoisotopic (exact) mass is 241 g/mol. The van der Waals surface area contributed by atoms with E-state index in [0.717, 1.165) is 6.08 Å². The van der Waals surface area contributed by atoms with E-state index in [0.29, 0.717) is 0 Å². The normalized spacial score (nSPS) is 12.1. The van der Waals surface area contributed by atoms with Crippen LogP contribution in [0.1, 0.15) is 6.92 Å². The number of rotatable bonds is 2. The van der Waals surface area contributed by atoms with E-state index in [-0.39, 0.29) is 12.2 Å². The smallest absolute Gasteiger partial charge is 0.348 e. The maximum atomic E-state index is 11.0. The first-order chi connectivity index (χ1) is 5.90. The van der Waals surface area contributed by atoms with Gasteiger partial charge in [-0.1, -0.05) is 34.8 Å². The highest BCUT2D eigenvalue weighted by molar-refractivity contribution is 6.69. The summed E-state index contributed by atoms with van der Waals surface area (Å²) in [5, 5.41) is 8.49. The third kappa shape index (κ3) is 5.75. The van der Waals surface area contributed by atoms with Gasteiger partial charge in [0.15, 0.2) is 0 Å².